The van der Waals surface area contributed by atoms with Crippen molar-refractivity contribution in [1.29, 1.82) is 0 Å². The first-order chi connectivity index (χ1) is 17.5. The van der Waals surface area contributed by atoms with Crippen LogP contribution in [0.15, 0.2) is 72.1 Å². The summed E-state index contributed by atoms with van der Waals surface area (Å²) < 4.78 is 14.0. The maximum Gasteiger partial charge on any atom is 0.227 e. The maximum atomic E-state index is 10.6. The van der Waals surface area contributed by atoms with Gasteiger partial charge in [0.1, 0.15) is 6.04 Å². The number of benzene rings is 2. The van der Waals surface area contributed by atoms with Gasteiger partial charge in [0.25, 0.3) is 0 Å². The van der Waals surface area contributed by atoms with Gasteiger partial charge in [-0.05, 0) is 35.4 Å². The number of ether oxygens (including phenoxy) is 2. The molecule has 0 amide bonds. The molecule has 0 spiro atoms. The van der Waals surface area contributed by atoms with Crippen molar-refractivity contribution >= 4 is 40.0 Å². The van der Waals surface area contributed by atoms with Crippen LogP contribution in [0.5, 0.6) is 0 Å². The Kier molecular flexibility index (Phi) is 6.19. The highest BCUT2D eigenvalue weighted by Crippen LogP contribution is 2.34. The van der Waals surface area contributed by atoms with E-state index in [0.717, 1.165) is 33.2 Å². The second-order valence-electron chi connectivity index (χ2n) is 9.05. The molecule has 0 saturated carbocycles. The normalized spacial score (nSPS) is 23.4. The maximum absolute atomic E-state index is 10.6. The summed E-state index contributed by atoms with van der Waals surface area (Å²) in [6, 6.07) is 15.2. The fourth-order valence-corrected chi connectivity index (χ4v) is 5.15. The third-order valence-corrected chi connectivity index (χ3v) is 7.39. The van der Waals surface area contributed by atoms with Crippen molar-refractivity contribution < 1.29 is 19.7 Å². The van der Waals surface area contributed by atoms with E-state index < -0.39 is 24.5 Å². The predicted octanol–water partition coefficient (Wildman–Crippen LogP) is 4.67. The number of hydrogen-bond donors (Lipinski definition) is 2. The summed E-state index contributed by atoms with van der Waals surface area (Å²) in [4.78, 5) is 8.93. The largest absolute Gasteiger partial charge is 0.445 e. The summed E-state index contributed by atoms with van der Waals surface area (Å²) in [5.74, 6) is 0.412. The van der Waals surface area contributed by atoms with Gasteiger partial charge in [-0.1, -0.05) is 47.5 Å². The van der Waals surface area contributed by atoms with Gasteiger partial charge in [0.15, 0.2) is 0 Å². The third kappa shape index (κ3) is 4.27. The number of aliphatic hydroxyl groups excluding tert-OH is 2. The zero-order valence-electron chi connectivity index (χ0n) is 19.1. The summed E-state index contributed by atoms with van der Waals surface area (Å²) in [7, 11) is 0. The summed E-state index contributed by atoms with van der Waals surface area (Å²) in [5.41, 5.74) is 4.81. The van der Waals surface area contributed by atoms with Crippen molar-refractivity contribution in [2.24, 2.45) is 4.99 Å². The molecule has 0 radical (unpaired) electrons. The SMILES string of the molecule is OCC1CC(O)[C@H]2N=C(c3cn(Cc4ccc(Cl)c(Cl)c4)c4cc(-c5cccnc5)ccc34)O[C@H]2O1. The quantitative estimate of drug-likeness (QED) is 0.396. The Morgan fingerprint density at radius 3 is 2.72 bits per heavy atom. The number of nitrogens with zero attached hydrogens (tertiary/aromatic N) is 3. The number of hydrogen-bond acceptors (Lipinski definition) is 6. The summed E-state index contributed by atoms with van der Waals surface area (Å²) in [6.45, 7) is 0.370. The van der Waals surface area contributed by atoms with Gasteiger partial charge < -0.3 is 24.3 Å². The number of pyridine rings is 1. The molecule has 0 bridgehead atoms. The zero-order valence-corrected chi connectivity index (χ0v) is 20.6. The van der Waals surface area contributed by atoms with Gasteiger partial charge >= 0.3 is 0 Å². The van der Waals surface area contributed by atoms with E-state index in [9.17, 15) is 10.2 Å². The van der Waals surface area contributed by atoms with Crippen LogP contribution in [0.3, 0.4) is 0 Å². The van der Waals surface area contributed by atoms with Gasteiger partial charge in [0.2, 0.25) is 12.2 Å². The molecular weight excluding hydrogens is 501 g/mol. The van der Waals surface area contributed by atoms with Crippen LogP contribution in [0.2, 0.25) is 10.0 Å². The second-order valence-corrected chi connectivity index (χ2v) is 9.86. The van der Waals surface area contributed by atoms with Crippen LogP contribution in [0.4, 0.5) is 0 Å². The Balaban J connectivity index is 1.43. The van der Waals surface area contributed by atoms with Crippen molar-refractivity contribution in [3.8, 4) is 11.1 Å². The molecule has 0 aliphatic carbocycles. The Bertz CT molecular complexity index is 1460. The van der Waals surface area contributed by atoms with Crippen molar-refractivity contribution in [2.75, 3.05) is 6.61 Å². The minimum Gasteiger partial charge on any atom is -0.445 e. The highest BCUT2D eigenvalue weighted by molar-refractivity contribution is 6.42. The van der Waals surface area contributed by atoms with E-state index in [1.54, 1.807) is 12.3 Å². The van der Waals surface area contributed by atoms with Crippen LogP contribution in [0, 0.1) is 0 Å². The molecule has 2 aromatic carbocycles. The van der Waals surface area contributed by atoms with Crippen LogP contribution in [0.1, 0.15) is 17.5 Å². The number of aliphatic imine (C=N–C) groups is 1. The van der Waals surface area contributed by atoms with Gasteiger partial charge in [-0.25, -0.2) is 4.99 Å². The van der Waals surface area contributed by atoms with Crippen LogP contribution < -0.4 is 0 Å². The molecule has 1 saturated heterocycles. The minimum atomic E-state index is -0.750. The molecule has 2 aliphatic heterocycles. The second kappa shape index (κ2) is 9.50. The lowest BCUT2D eigenvalue weighted by molar-refractivity contribution is -0.189. The summed E-state index contributed by atoms with van der Waals surface area (Å²) in [6.07, 6.45) is 3.93. The molecule has 2 unspecified atom stereocenters. The summed E-state index contributed by atoms with van der Waals surface area (Å²) >= 11 is 12.4. The lowest BCUT2D eigenvalue weighted by Crippen LogP contribution is -2.47. The van der Waals surface area contributed by atoms with Gasteiger partial charge in [0.05, 0.1) is 34.4 Å². The van der Waals surface area contributed by atoms with E-state index in [1.165, 1.54) is 0 Å². The van der Waals surface area contributed by atoms with Crippen LogP contribution in [-0.4, -0.2) is 56.8 Å². The van der Waals surface area contributed by atoms with Crippen molar-refractivity contribution in [3.63, 3.8) is 0 Å². The summed E-state index contributed by atoms with van der Waals surface area (Å²) in [5, 5.41) is 22.0. The molecule has 184 valence electrons. The monoisotopic (exact) mass is 523 g/mol. The molecule has 9 heteroatoms. The van der Waals surface area contributed by atoms with Gasteiger partial charge in [-0.3, -0.25) is 4.98 Å². The number of rotatable bonds is 5. The first kappa shape index (κ1) is 23.5. The molecule has 7 nitrogen and oxygen atoms in total. The van der Waals surface area contributed by atoms with E-state index in [0.29, 0.717) is 28.9 Å². The predicted molar refractivity (Wildman–Crippen MR) is 139 cm³/mol. The number of halogens is 2. The third-order valence-electron chi connectivity index (χ3n) is 6.65. The lowest BCUT2D eigenvalue weighted by Gasteiger charge is -2.32. The highest BCUT2D eigenvalue weighted by Gasteiger charge is 2.44. The van der Waals surface area contributed by atoms with Crippen LogP contribution in [0.25, 0.3) is 22.0 Å². The lowest BCUT2D eigenvalue weighted by atomic mass is 10.0. The van der Waals surface area contributed by atoms with Crippen LogP contribution in [-0.2, 0) is 16.0 Å². The highest BCUT2D eigenvalue weighted by atomic mass is 35.5. The van der Waals surface area contributed by atoms with Crippen molar-refractivity contribution in [3.05, 3.63) is 88.3 Å². The Morgan fingerprint density at radius 2 is 1.94 bits per heavy atom. The van der Waals surface area contributed by atoms with E-state index in [4.69, 9.17) is 32.7 Å². The Hall–Kier alpha value is -2.94. The standard InChI is InChI=1S/C27H23Cl2N3O4/c28-21-6-3-15(8-22(21)29)12-32-13-20(26-31-25-24(34)10-18(14-33)35-27(25)36-26)19-5-4-16(9-23(19)32)17-2-1-7-30-11-17/h1-9,11,13,18,24-25,27,33-34H,10,12,14H2/t18?,24?,25-,27-/m1/s1. The van der Waals surface area contributed by atoms with Gasteiger partial charge in [-0.15, -0.1) is 0 Å². The van der Waals surface area contributed by atoms with Gasteiger partial charge in [0, 0.05) is 48.0 Å². The molecule has 1 fully saturated rings. The average Bonchev–Trinajstić information content (AvgIpc) is 3.48. The fraction of sp³-hybridized carbons (Fsp3) is 0.259. The number of aromatic nitrogens is 2. The number of aliphatic hydroxyl groups is 2. The Morgan fingerprint density at radius 1 is 1.06 bits per heavy atom. The van der Waals surface area contributed by atoms with Crippen molar-refractivity contribution in [1.82, 2.24) is 9.55 Å². The van der Waals surface area contributed by atoms with Crippen molar-refractivity contribution in [2.45, 2.75) is 37.5 Å². The molecule has 36 heavy (non-hydrogen) atoms. The Labute approximate surface area is 217 Å². The fourth-order valence-electron chi connectivity index (χ4n) is 4.83. The molecule has 4 aromatic rings. The molecular formula is C27H23Cl2N3O4. The molecule has 2 N–H and O–H groups in total. The zero-order chi connectivity index (χ0) is 24.8. The van der Waals surface area contributed by atoms with E-state index >= 15 is 0 Å². The van der Waals surface area contributed by atoms with E-state index in [1.807, 2.05) is 48.8 Å². The minimum absolute atomic E-state index is 0.181. The first-order valence-corrected chi connectivity index (χ1v) is 12.4. The first-order valence-electron chi connectivity index (χ1n) is 11.7. The van der Waals surface area contributed by atoms with E-state index in [2.05, 4.69) is 20.6 Å². The average molecular weight is 524 g/mol. The smallest absolute Gasteiger partial charge is 0.227 e. The molecule has 2 aromatic heterocycles. The molecule has 2 aliphatic rings. The van der Waals surface area contributed by atoms with Crippen LogP contribution >= 0.6 is 23.2 Å². The molecule has 6 rings (SSSR count). The number of fused-ring (bicyclic) bond motifs is 2. The molecule has 4 atom stereocenters. The van der Waals surface area contributed by atoms with Gasteiger partial charge in [-0.2, -0.15) is 0 Å². The van der Waals surface area contributed by atoms with E-state index in [-0.39, 0.29) is 6.61 Å². The topological polar surface area (TPSA) is 89.1 Å². The molecule has 4 heterocycles.